The highest BCUT2D eigenvalue weighted by molar-refractivity contribution is 7.09. The van der Waals surface area contributed by atoms with E-state index in [9.17, 15) is 9.59 Å². The van der Waals surface area contributed by atoms with E-state index in [1.165, 1.54) is 0 Å². The van der Waals surface area contributed by atoms with E-state index in [1.807, 2.05) is 48.7 Å². The molecule has 134 valence electrons. The van der Waals surface area contributed by atoms with Gasteiger partial charge in [-0.1, -0.05) is 18.2 Å². The summed E-state index contributed by atoms with van der Waals surface area (Å²) in [4.78, 5) is 28.0. The zero-order valence-corrected chi connectivity index (χ0v) is 15.1. The summed E-state index contributed by atoms with van der Waals surface area (Å²) in [5, 5.41) is 7.66. The van der Waals surface area contributed by atoms with Crippen molar-refractivity contribution in [1.82, 2.24) is 15.5 Å². The van der Waals surface area contributed by atoms with E-state index in [-0.39, 0.29) is 11.9 Å². The highest BCUT2D eigenvalue weighted by Gasteiger charge is 2.40. The van der Waals surface area contributed by atoms with Crippen molar-refractivity contribution in [1.29, 1.82) is 0 Å². The number of nitrogens with zero attached hydrogens (tertiary/aromatic N) is 1. The minimum Gasteiger partial charge on any atom is -0.494 e. The molecule has 1 aromatic carbocycles. The summed E-state index contributed by atoms with van der Waals surface area (Å²) in [6.45, 7) is 3.49. The van der Waals surface area contributed by atoms with Crippen molar-refractivity contribution in [3.05, 3.63) is 63.5 Å². The van der Waals surface area contributed by atoms with Gasteiger partial charge in [0.1, 0.15) is 5.75 Å². The van der Waals surface area contributed by atoms with E-state index in [4.69, 9.17) is 4.74 Å². The third kappa shape index (κ3) is 3.06. The quantitative estimate of drug-likeness (QED) is 0.851. The van der Waals surface area contributed by atoms with Crippen molar-refractivity contribution in [3.63, 3.8) is 0 Å². The van der Waals surface area contributed by atoms with E-state index in [1.54, 1.807) is 16.2 Å². The molecule has 3 heterocycles. The van der Waals surface area contributed by atoms with Crippen molar-refractivity contribution >= 4 is 23.3 Å². The molecule has 1 atom stereocenters. The molecule has 2 aliphatic rings. The van der Waals surface area contributed by atoms with Crippen LogP contribution >= 0.6 is 11.3 Å². The molecule has 0 saturated heterocycles. The van der Waals surface area contributed by atoms with Crippen LogP contribution in [-0.2, 0) is 11.3 Å². The number of benzene rings is 1. The van der Waals surface area contributed by atoms with Gasteiger partial charge < -0.3 is 20.3 Å². The molecule has 4 rings (SSSR count). The molecule has 1 aromatic heterocycles. The van der Waals surface area contributed by atoms with Gasteiger partial charge in [-0.2, -0.15) is 0 Å². The lowest BCUT2D eigenvalue weighted by Crippen LogP contribution is -2.44. The molecule has 6 nitrogen and oxygen atoms in total. The van der Waals surface area contributed by atoms with Gasteiger partial charge in [-0.15, -0.1) is 11.3 Å². The Labute approximate surface area is 155 Å². The molecule has 0 bridgehead atoms. The Kier molecular flexibility index (Phi) is 4.38. The first-order valence-electron chi connectivity index (χ1n) is 8.50. The van der Waals surface area contributed by atoms with Gasteiger partial charge in [-0.3, -0.25) is 4.79 Å². The third-order valence-electron chi connectivity index (χ3n) is 4.47. The number of carbonyl (C=O) groups excluding carboxylic acids is 2. The SMILES string of the molecule is CCOc1ccc(C2NC(=O)NC3=C2C(=O)N(Cc2cccs2)C3)cc1. The van der Waals surface area contributed by atoms with Crippen molar-refractivity contribution in [2.75, 3.05) is 13.2 Å². The van der Waals surface area contributed by atoms with Gasteiger partial charge in [0.15, 0.2) is 0 Å². The Morgan fingerprint density at radius 2 is 2.04 bits per heavy atom. The number of hydrogen-bond donors (Lipinski definition) is 2. The van der Waals surface area contributed by atoms with Gasteiger partial charge in [0.05, 0.1) is 37.0 Å². The summed E-state index contributed by atoms with van der Waals surface area (Å²) in [6.07, 6.45) is 0. The maximum absolute atomic E-state index is 13.0. The van der Waals surface area contributed by atoms with Gasteiger partial charge in [-0.25, -0.2) is 4.79 Å². The van der Waals surface area contributed by atoms with Crippen molar-refractivity contribution in [2.45, 2.75) is 19.5 Å². The van der Waals surface area contributed by atoms with E-state index >= 15 is 0 Å². The Balaban J connectivity index is 1.60. The first kappa shape index (κ1) is 16.7. The molecule has 3 amide bonds. The fourth-order valence-electron chi connectivity index (χ4n) is 3.32. The first-order valence-corrected chi connectivity index (χ1v) is 9.38. The summed E-state index contributed by atoms with van der Waals surface area (Å²) in [6, 6.07) is 10.7. The van der Waals surface area contributed by atoms with Crippen LogP contribution in [0.4, 0.5) is 4.79 Å². The van der Waals surface area contributed by atoms with Crippen molar-refractivity contribution < 1.29 is 14.3 Å². The molecule has 0 spiro atoms. The Morgan fingerprint density at radius 1 is 1.23 bits per heavy atom. The second-order valence-electron chi connectivity index (χ2n) is 6.17. The molecular weight excluding hydrogens is 350 g/mol. The maximum Gasteiger partial charge on any atom is 0.319 e. The summed E-state index contributed by atoms with van der Waals surface area (Å²) >= 11 is 1.62. The molecular formula is C19H19N3O3S. The van der Waals surface area contributed by atoms with Gasteiger partial charge in [-0.05, 0) is 36.1 Å². The number of rotatable bonds is 5. The predicted molar refractivity (Wildman–Crippen MR) is 98.8 cm³/mol. The molecule has 0 fully saturated rings. The first-order chi connectivity index (χ1) is 12.7. The van der Waals surface area contributed by atoms with E-state index in [2.05, 4.69) is 10.6 Å². The van der Waals surface area contributed by atoms with Crippen LogP contribution in [0.2, 0.25) is 0 Å². The van der Waals surface area contributed by atoms with Gasteiger partial charge in [0.25, 0.3) is 5.91 Å². The maximum atomic E-state index is 13.0. The monoisotopic (exact) mass is 369 g/mol. The van der Waals surface area contributed by atoms with Crippen LogP contribution in [0.3, 0.4) is 0 Å². The highest BCUT2D eigenvalue weighted by Crippen LogP contribution is 2.34. The topological polar surface area (TPSA) is 70.7 Å². The van der Waals surface area contributed by atoms with Crippen molar-refractivity contribution in [3.8, 4) is 5.75 Å². The normalized spacial score (nSPS) is 19.3. The van der Waals surface area contributed by atoms with Crippen LogP contribution in [0.15, 0.2) is 53.0 Å². The number of hydrogen-bond acceptors (Lipinski definition) is 4. The van der Waals surface area contributed by atoms with Gasteiger partial charge in [0, 0.05) is 4.88 Å². The van der Waals surface area contributed by atoms with E-state index < -0.39 is 6.04 Å². The Morgan fingerprint density at radius 3 is 2.73 bits per heavy atom. The lowest BCUT2D eigenvalue weighted by Gasteiger charge is -2.25. The standard InChI is InChI=1S/C19H19N3O3S/c1-2-25-13-7-5-12(6-8-13)17-16-15(20-19(24)21-17)11-22(18(16)23)10-14-4-3-9-26-14/h3-9,17H,2,10-11H2,1H3,(H2,20,21,24). The molecule has 0 radical (unpaired) electrons. The highest BCUT2D eigenvalue weighted by atomic mass is 32.1. The third-order valence-corrected chi connectivity index (χ3v) is 5.33. The van der Waals surface area contributed by atoms with Crippen molar-refractivity contribution in [2.24, 2.45) is 0 Å². The van der Waals surface area contributed by atoms with Crippen LogP contribution in [0.25, 0.3) is 0 Å². The molecule has 7 heteroatoms. The fraction of sp³-hybridized carbons (Fsp3) is 0.263. The number of carbonyl (C=O) groups is 2. The number of urea groups is 1. The minimum absolute atomic E-state index is 0.0419. The smallest absolute Gasteiger partial charge is 0.319 e. The number of ether oxygens (including phenoxy) is 1. The average molecular weight is 369 g/mol. The molecule has 26 heavy (non-hydrogen) atoms. The average Bonchev–Trinajstić information content (AvgIpc) is 3.24. The number of amides is 3. The van der Waals surface area contributed by atoms with Crippen LogP contribution in [0.1, 0.15) is 23.4 Å². The molecule has 0 aliphatic carbocycles. The summed E-state index contributed by atoms with van der Waals surface area (Å²) < 4.78 is 5.47. The summed E-state index contributed by atoms with van der Waals surface area (Å²) in [5.41, 5.74) is 2.17. The molecule has 2 N–H and O–H groups in total. The Bertz CT molecular complexity index is 859. The second kappa shape index (κ2) is 6.84. The van der Waals surface area contributed by atoms with E-state index in [0.717, 1.165) is 16.2 Å². The minimum atomic E-state index is -0.449. The van der Waals surface area contributed by atoms with Crippen LogP contribution in [0, 0.1) is 0 Å². The summed E-state index contributed by atoms with van der Waals surface area (Å²) in [7, 11) is 0. The predicted octanol–water partition coefficient (Wildman–Crippen LogP) is 2.80. The largest absolute Gasteiger partial charge is 0.494 e. The summed E-state index contributed by atoms with van der Waals surface area (Å²) in [5.74, 6) is 0.725. The number of thiophene rings is 1. The fourth-order valence-corrected chi connectivity index (χ4v) is 4.04. The lowest BCUT2D eigenvalue weighted by molar-refractivity contribution is -0.126. The number of nitrogens with one attached hydrogen (secondary N) is 2. The zero-order valence-electron chi connectivity index (χ0n) is 14.3. The zero-order chi connectivity index (χ0) is 18.1. The van der Waals surface area contributed by atoms with Crippen LogP contribution in [0.5, 0.6) is 5.75 Å². The molecule has 2 aromatic rings. The second-order valence-corrected chi connectivity index (χ2v) is 7.20. The van der Waals surface area contributed by atoms with Crippen LogP contribution in [-0.4, -0.2) is 30.0 Å². The van der Waals surface area contributed by atoms with E-state index in [0.29, 0.717) is 31.0 Å². The molecule has 1 unspecified atom stereocenters. The lowest BCUT2D eigenvalue weighted by atomic mass is 9.96. The van der Waals surface area contributed by atoms with Crippen LogP contribution < -0.4 is 15.4 Å². The molecule has 2 aliphatic heterocycles. The Hall–Kier alpha value is -2.80. The molecule has 0 saturated carbocycles. The van der Waals surface area contributed by atoms with Gasteiger partial charge in [0.2, 0.25) is 0 Å². The van der Waals surface area contributed by atoms with Gasteiger partial charge >= 0.3 is 6.03 Å².